The molecule has 1 aliphatic rings. The Hall–Kier alpha value is -4.46. The van der Waals surface area contributed by atoms with Crippen LogP contribution in [-0.4, -0.2) is 33.8 Å². The summed E-state index contributed by atoms with van der Waals surface area (Å²) in [6, 6.07) is 15.4. The number of nitrogens with one attached hydrogen (secondary N) is 3. The molecule has 3 aromatic carbocycles. The molecule has 172 valence electrons. The molecular weight excluding hydrogens is 432 g/mol. The van der Waals surface area contributed by atoms with E-state index < -0.39 is 11.6 Å². The van der Waals surface area contributed by atoms with Crippen LogP contribution in [0.3, 0.4) is 0 Å². The van der Waals surface area contributed by atoms with E-state index in [4.69, 9.17) is 9.47 Å². The van der Waals surface area contributed by atoms with Gasteiger partial charge in [-0.3, -0.25) is 0 Å². The predicted molar refractivity (Wildman–Crippen MR) is 133 cm³/mol. The van der Waals surface area contributed by atoms with Crippen molar-refractivity contribution in [3.8, 4) is 28.6 Å². The Morgan fingerprint density at radius 1 is 1.09 bits per heavy atom. The van der Waals surface area contributed by atoms with Crippen LogP contribution in [0.25, 0.3) is 28.5 Å². The van der Waals surface area contributed by atoms with E-state index in [-0.39, 0.29) is 5.75 Å². The highest BCUT2D eigenvalue weighted by atomic mass is 16.5. The van der Waals surface area contributed by atoms with E-state index in [1.165, 1.54) is 0 Å². The van der Waals surface area contributed by atoms with Crippen LogP contribution in [0.15, 0.2) is 60.7 Å². The zero-order chi connectivity index (χ0) is 23.9. The van der Waals surface area contributed by atoms with Crippen LogP contribution in [0.5, 0.6) is 17.2 Å². The average Bonchev–Trinajstić information content (AvgIpc) is 3.22. The number of phenolic OH excluding ortho intramolecular Hbond substituents is 1. The van der Waals surface area contributed by atoms with Gasteiger partial charge in [-0.05, 0) is 80.6 Å². The van der Waals surface area contributed by atoms with E-state index >= 15 is 0 Å². The van der Waals surface area contributed by atoms with Gasteiger partial charge in [0.15, 0.2) is 5.75 Å². The fraction of sp³-hybridized carbons (Fsp3) is 0.154. The van der Waals surface area contributed by atoms with Gasteiger partial charge in [-0.1, -0.05) is 0 Å². The van der Waals surface area contributed by atoms with Gasteiger partial charge in [-0.15, -0.1) is 0 Å². The normalized spacial score (nSPS) is 13.7. The lowest BCUT2D eigenvalue weighted by Gasteiger charge is -2.29. The van der Waals surface area contributed by atoms with Crippen molar-refractivity contribution in [3.63, 3.8) is 0 Å². The SMILES string of the molecule is COc1c(NC(=O)Nc2ccc3[nH]c(-c4ccc(O)cc4)nc3c2)ccc2c1C=CC(C)(C)O2. The number of carbonyl (C=O) groups excluding carboxylic acids is 1. The number of hydrogen-bond acceptors (Lipinski definition) is 5. The molecule has 0 unspecified atom stereocenters. The maximum Gasteiger partial charge on any atom is 0.323 e. The first-order valence-corrected chi connectivity index (χ1v) is 10.8. The number of aromatic hydroxyl groups is 1. The largest absolute Gasteiger partial charge is 0.508 e. The molecule has 8 nitrogen and oxygen atoms in total. The number of methoxy groups -OCH3 is 1. The van der Waals surface area contributed by atoms with Crippen LogP contribution in [0.2, 0.25) is 0 Å². The molecule has 1 aromatic heterocycles. The van der Waals surface area contributed by atoms with Crippen LogP contribution in [0, 0.1) is 0 Å². The number of amides is 2. The summed E-state index contributed by atoms with van der Waals surface area (Å²) in [7, 11) is 1.56. The van der Waals surface area contributed by atoms with Crippen molar-refractivity contribution < 1.29 is 19.4 Å². The molecular formula is C26H24N4O4. The molecule has 8 heteroatoms. The van der Waals surface area contributed by atoms with Gasteiger partial charge in [0.2, 0.25) is 0 Å². The number of aromatic nitrogens is 2. The van der Waals surface area contributed by atoms with Crippen molar-refractivity contribution in [2.75, 3.05) is 17.7 Å². The monoisotopic (exact) mass is 456 g/mol. The van der Waals surface area contributed by atoms with Crippen molar-refractivity contribution >= 4 is 34.5 Å². The number of rotatable bonds is 4. The van der Waals surface area contributed by atoms with E-state index in [0.29, 0.717) is 34.2 Å². The molecule has 34 heavy (non-hydrogen) atoms. The maximum atomic E-state index is 12.7. The third kappa shape index (κ3) is 4.13. The number of H-pyrrole nitrogens is 1. The van der Waals surface area contributed by atoms with Gasteiger partial charge in [0, 0.05) is 11.3 Å². The first kappa shape index (κ1) is 21.4. The van der Waals surface area contributed by atoms with Crippen LogP contribution in [0.1, 0.15) is 19.4 Å². The number of anilines is 2. The van der Waals surface area contributed by atoms with Gasteiger partial charge in [0.1, 0.15) is 22.9 Å². The minimum Gasteiger partial charge on any atom is -0.508 e. The minimum absolute atomic E-state index is 0.195. The summed E-state index contributed by atoms with van der Waals surface area (Å²) in [4.78, 5) is 20.6. The van der Waals surface area contributed by atoms with Gasteiger partial charge >= 0.3 is 6.03 Å². The van der Waals surface area contributed by atoms with Crippen LogP contribution >= 0.6 is 0 Å². The molecule has 0 bridgehead atoms. The van der Waals surface area contributed by atoms with Crippen molar-refractivity contribution in [3.05, 3.63) is 66.2 Å². The Morgan fingerprint density at radius 2 is 1.88 bits per heavy atom. The zero-order valence-corrected chi connectivity index (χ0v) is 19.0. The lowest BCUT2D eigenvalue weighted by atomic mass is 10.0. The standard InChI is InChI=1S/C26H24N4O4/c1-26(2)13-12-18-22(34-26)11-10-20(23(18)33-3)30-25(32)27-16-6-9-19-21(14-16)29-24(28-19)15-4-7-17(31)8-5-15/h4-14,31H,1-3H3,(H,28,29)(H2,27,30,32). The van der Waals surface area contributed by atoms with Crippen molar-refractivity contribution in [1.29, 1.82) is 0 Å². The van der Waals surface area contributed by atoms with Gasteiger partial charge in [0.05, 0.1) is 29.4 Å². The van der Waals surface area contributed by atoms with Crippen molar-refractivity contribution in [2.24, 2.45) is 0 Å². The number of carbonyl (C=O) groups is 1. The van der Waals surface area contributed by atoms with Gasteiger partial charge in [0.25, 0.3) is 0 Å². The fourth-order valence-corrected chi connectivity index (χ4v) is 3.87. The Morgan fingerprint density at radius 3 is 2.65 bits per heavy atom. The lowest BCUT2D eigenvalue weighted by molar-refractivity contribution is 0.158. The predicted octanol–water partition coefficient (Wildman–Crippen LogP) is 5.77. The van der Waals surface area contributed by atoms with E-state index in [2.05, 4.69) is 20.6 Å². The Kier molecular flexibility index (Phi) is 5.13. The maximum absolute atomic E-state index is 12.7. The minimum atomic E-state index is -0.409. The smallest absolute Gasteiger partial charge is 0.323 e. The number of phenols is 1. The Bertz CT molecular complexity index is 1420. The topological polar surface area (TPSA) is 109 Å². The lowest BCUT2D eigenvalue weighted by Crippen LogP contribution is -2.27. The second kappa shape index (κ2) is 8.15. The number of imidazole rings is 1. The molecule has 0 spiro atoms. The van der Waals surface area contributed by atoms with Gasteiger partial charge in [-0.25, -0.2) is 9.78 Å². The van der Waals surface area contributed by atoms with Crippen LogP contribution in [-0.2, 0) is 0 Å². The highest BCUT2D eigenvalue weighted by molar-refractivity contribution is 6.02. The summed E-state index contributed by atoms with van der Waals surface area (Å²) in [5.41, 5.74) is 3.88. The van der Waals surface area contributed by atoms with E-state index in [9.17, 15) is 9.90 Å². The highest BCUT2D eigenvalue weighted by Gasteiger charge is 2.25. The number of urea groups is 1. The molecule has 4 aromatic rings. The Labute approximate surface area is 196 Å². The second-order valence-electron chi connectivity index (χ2n) is 8.54. The van der Waals surface area contributed by atoms with E-state index in [1.807, 2.05) is 38.1 Å². The molecule has 0 radical (unpaired) electrons. The fourth-order valence-electron chi connectivity index (χ4n) is 3.87. The molecule has 5 rings (SSSR count). The van der Waals surface area contributed by atoms with Crippen molar-refractivity contribution in [2.45, 2.75) is 19.4 Å². The zero-order valence-electron chi connectivity index (χ0n) is 19.0. The molecule has 0 aliphatic carbocycles. The number of hydrogen-bond donors (Lipinski definition) is 4. The van der Waals surface area contributed by atoms with Crippen LogP contribution < -0.4 is 20.1 Å². The molecule has 0 saturated carbocycles. The first-order valence-electron chi connectivity index (χ1n) is 10.8. The number of aromatic amines is 1. The van der Waals surface area contributed by atoms with Crippen LogP contribution in [0.4, 0.5) is 16.2 Å². The quantitative estimate of drug-likeness (QED) is 0.312. The third-order valence-electron chi connectivity index (χ3n) is 5.51. The molecule has 0 fully saturated rings. The summed E-state index contributed by atoms with van der Waals surface area (Å²) in [6.45, 7) is 3.95. The summed E-state index contributed by atoms with van der Waals surface area (Å²) < 4.78 is 11.5. The molecule has 4 N–H and O–H groups in total. The number of benzene rings is 3. The molecule has 0 atom stereocenters. The van der Waals surface area contributed by atoms with E-state index in [1.54, 1.807) is 49.6 Å². The van der Waals surface area contributed by atoms with Gasteiger partial charge < -0.3 is 30.2 Å². The second-order valence-corrected chi connectivity index (χ2v) is 8.54. The molecule has 2 heterocycles. The summed E-state index contributed by atoms with van der Waals surface area (Å²) in [5, 5.41) is 15.2. The van der Waals surface area contributed by atoms with E-state index in [0.717, 1.165) is 16.6 Å². The molecule has 2 amide bonds. The summed E-state index contributed by atoms with van der Waals surface area (Å²) >= 11 is 0. The first-order chi connectivity index (χ1) is 16.3. The van der Waals surface area contributed by atoms with Crippen molar-refractivity contribution in [1.82, 2.24) is 9.97 Å². The molecule has 0 saturated heterocycles. The number of ether oxygens (including phenoxy) is 2. The summed E-state index contributed by atoms with van der Waals surface area (Å²) in [5.74, 6) is 2.10. The Balaban J connectivity index is 1.34. The van der Waals surface area contributed by atoms with Gasteiger partial charge in [-0.2, -0.15) is 0 Å². The number of nitrogens with zero attached hydrogens (tertiary/aromatic N) is 1. The number of fused-ring (bicyclic) bond motifs is 2. The highest BCUT2D eigenvalue weighted by Crippen LogP contribution is 2.41. The third-order valence-corrected chi connectivity index (χ3v) is 5.51. The summed E-state index contributed by atoms with van der Waals surface area (Å²) in [6.07, 6.45) is 3.89. The average molecular weight is 457 g/mol. The molecule has 1 aliphatic heterocycles.